The van der Waals surface area contributed by atoms with E-state index in [1.54, 1.807) is 26.0 Å². The van der Waals surface area contributed by atoms with Crippen molar-refractivity contribution >= 4 is 15.5 Å². The highest BCUT2D eigenvalue weighted by molar-refractivity contribution is 7.92. The minimum absolute atomic E-state index is 0.101. The molecule has 6 heteroatoms. The van der Waals surface area contributed by atoms with Crippen molar-refractivity contribution in [1.29, 1.82) is 5.26 Å². The molecule has 0 saturated heterocycles. The molecule has 0 aliphatic rings. The van der Waals surface area contributed by atoms with E-state index < -0.39 is 20.4 Å². The van der Waals surface area contributed by atoms with E-state index in [9.17, 15) is 12.8 Å². The molecule has 0 aliphatic carbocycles. The van der Waals surface area contributed by atoms with Gasteiger partial charge in [0.05, 0.1) is 10.4 Å². The second-order valence-electron chi connectivity index (χ2n) is 4.66. The van der Waals surface area contributed by atoms with Gasteiger partial charge in [0.2, 0.25) is 0 Å². The molecule has 0 saturated carbocycles. The van der Waals surface area contributed by atoms with Crippen molar-refractivity contribution in [3.8, 4) is 6.07 Å². The number of hydrogen-bond donors (Lipinski definition) is 1. The van der Waals surface area contributed by atoms with Crippen molar-refractivity contribution in [2.75, 3.05) is 18.1 Å². The summed E-state index contributed by atoms with van der Waals surface area (Å²) in [5.41, 5.74) is 0.191. The largest absolute Gasteiger partial charge is 0.382 e. The Morgan fingerprint density at radius 3 is 2.56 bits per heavy atom. The van der Waals surface area contributed by atoms with E-state index in [4.69, 9.17) is 5.26 Å². The summed E-state index contributed by atoms with van der Waals surface area (Å²) in [6.45, 7) is 3.24. The summed E-state index contributed by atoms with van der Waals surface area (Å²) in [4.78, 5) is 0. The molecule has 98 valence electrons. The van der Waals surface area contributed by atoms with Crippen molar-refractivity contribution < 1.29 is 12.8 Å². The topological polar surface area (TPSA) is 70.0 Å². The molecule has 0 radical (unpaired) electrons. The predicted molar refractivity (Wildman–Crippen MR) is 68.5 cm³/mol. The Balaban J connectivity index is 2.96. The van der Waals surface area contributed by atoms with Crippen LogP contribution in [0.3, 0.4) is 0 Å². The SMILES string of the molecule is CC(C)(CNc1cccc(F)c1C#N)S(C)(=O)=O. The number of nitriles is 1. The Kier molecular flexibility index (Phi) is 3.97. The molecule has 18 heavy (non-hydrogen) atoms. The van der Waals surface area contributed by atoms with Gasteiger partial charge in [-0.15, -0.1) is 0 Å². The quantitative estimate of drug-likeness (QED) is 0.907. The fraction of sp³-hybridized carbons (Fsp3) is 0.417. The van der Waals surface area contributed by atoms with Crippen LogP contribution < -0.4 is 5.32 Å². The monoisotopic (exact) mass is 270 g/mol. The molecule has 1 aromatic carbocycles. The Morgan fingerprint density at radius 2 is 2.06 bits per heavy atom. The molecular formula is C12H15FN2O2S. The van der Waals surface area contributed by atoms with Gasteiger partial charge in [-0.2, -0.15) is 5.26 Å². The van der Waals surface area contributed by atoms with Crippen molar-refractivity contribution in [2.45, 2.75) is 18.6 Å². The summed E-state index contributed by atoms with van der Waals surface area (Å²) >= 11 is 0. The van der Waals surface area contributed by atoms with Gasteiger partial charge in [0.15, 0.2) is 9.84 Å². The molecule has 0 bridgehead atoms. The van der Waals surface area contributed by atoms with E-state index in [0.717, 1.165) is 6.26 Å². The highest BCUT2D eigenvalue weighted by atomic mass is 32.2. The molecule has 1 rings (SSSR count). The number of sulfone groups is 1. The standard InChI is InChI=1S/C12H15FN2O2S/c1-12(2,18(3,16)17)8-15-11-6-4-5-10(13)9(11)7-14/h4-6,15H,8H2,1-3H3. The first kappa shape index (κ1) is 14.5. The lowest BCUT2D eigenvalue weighted by Crippen LogP contribution is -2.38. The van der Waals surface area contributed by atoms with Crippen LogP contribution in [-0.2, 0) is 9.84 Å². The number of anilines is 1. The molecule has 0 aromatic heterocycles. The Morgan fingerprint density at radius 1 is 1.44 bits per heavy atom. The fourth-order valence-corrected chi connectivity index (χ4v) is 1.56. The molecule has 4 nitrogen and oxygen atoms in total. The maximum atomic E-state index is 13.3. The van der Waals surface area contributed by atoms with Crippen LogP contribution in [0, 0.1) is 17.1 Å². The first-order valence-corrected chi connectivity index (χ1v) is 7.20. The predicted octanol–water partition coefficient (Wildman–Crippen LogP) is 1.93. The summed E-state index contributed by atoms with van der Waals surface area (Å²) < 4.78 is 35.4. The lowest BCUT2D eigenvalue weighted by molar-refractivity contribution is 0.559. The minimum atomic E-state index is -3.24. The smallest absolute Gasteiger partial charge is 0.154 e. The first-order chi connectivity index (χ1) is 8.19. The van der Waals surface area contributed by atoms with Crippen LogP contribution in [-0.4, -0.2) is 26.0 Å². The average molecular weight is 270 g/mol. The van der Waals surface area contributed by atoms with Gasteiger partial charge >= 0.3 is 0 Å². The fourth-order valence-electron chi connectivity index (χ4n) is 1.22. The molecule has 0 aliphatic heterocycles. The summed E-state index contributed by atoms with van der Waals surface area (Å²) in [6.07, 6.45) is 1.14. The molecule has 0 heterocycles. The van der Waals surface area contributed by atoms with Crippen molar-refractivity contribution in [3.63, 3.8) is 0 Å². The number of nitrogens with one attached hydrogen (secondary N) is 1. The van der Waals surface area contributed by atoms with E-state index in [2.05, 4.69) is 5.32 Å². The van der Waals surface area contributed by atoms with E-state index in [1.165, 1.54) is 12.1 Å². The van der Waals surface area contributed by atoms with E-state index in [0.29, 0.717) is 5.69 Å². The second kappa shape index (κ2) is 4.94. The first-order valence-electron chi connectivity index (χ1n) is 5.31. The number of hydrogen-bond acceptors (Lipinski definition) is 4. The van der Waals surface area contributed by atoms with E-state index in [1.807, 2.05) is 0 Å². The third-order valence-corrected chi connectivity index (χ3v) is 4.99. The van der Waals surface area contributed by atoms with Gasteiger partial charge in [0, 0.05) is 12.8 Å². The van der Waals surface area contributed by atoms with Gasteiger partial charge in [0.25, 0.3) is 0 Å². The van der Waals surface area contributed by atoms with Crippen LogP contribution in [0.1, 0.15) is 19.4 Å². The van der Waals surface area contributed by atoms with Gasteiger partial charge < -0.3 is 5.32 Å². The van der Waals surface area contributed by atoms with Crippen LogP contribution in [0.2, 0.25) is 0 Å². The molecule has 0 atom stereocenters. The minimum Gasteiger partial charge on any atom is -0.382 e. The van der Waals surface area contributed by atoms with Crippen LogP contribution >= 0.6 is 0 Å². The zero-order valence-corrected chi connectivity index (χ0v) is 11.3. The molecular weight excluding hydrogens is 255 g/mol. The number of rotatable bonds is 4. The van der Waals surface area contributed by atoms with Crippen molar-refractivity contribution in [3.05, 3.63) is 29.6 Å². The highest BCUT2D eigenvalue weighted by Crippen LogP contribution is 2.21. The summed E-state index contributed by atoms with van der Waals surface area (Å²) in [6, 6.07) is 5.94. The maximum Gasteiger partial charge on any atom is 0.154 e. The van der Waals surface area contributed by atoms with Crippen LogP contribution in [0.4, 0.5) is 10.1 Å². The van der Waals surface area contributed by atoms with Gasteiger partial charge in [-0.1, -0.05) is 6.07 Å². The molecule has 1 N–H and O–H groups in total. The van der Waals surface area contributed by atoms with Crippen LogP contribution in [0.25, 0.3) is 0 Å². The van der Waals surface area contributed by atoms with Crippen LogP contribution in [0.5, 0.6) is 0 Å². The Bertz CT molecular complexity index is 589. The maximum absolute atomic E-state index is 13.3. The second-order valence-corrected chi connectivity index (χ2v) is 7.31. The van der Waals surface area contributed by atoms with Gasteiger partial charge in [-0.25, -0.2) is 12.8 Å². The molecule has 1 aromatic rings. The molecule has 0 unspecified atom stereocenters. The van der Waals surface area contributed by atoms with Crippen LogP contribution in [0.15, 0.2) is 18.2 Å². The number of benzene rings is 1. The molecule has 0 fully saturated rings. The third-order valence-electron chi connectivity index (χ3n) is 2.83. The third kappa shape index (κ3) is 2.99. The van der Waals surface area contributed by atoms with Crippen molar-refractivity contribution in [2.24, 2.45) is 0 Å². The van der Waals surface area contributed by atoms with E-state index >= 15 is 0 Å². The average Bonchev–Trinajstić information content (AvgIpc) is 2.25. The Labute approximate surface area is 106 Å². The van der Waals surface area contributed by atoms with Crippen molar-refractivity contribution in [1.82, 2.24) is 0 Å². The number of halogens is 1. The summed E-state index contributed by atoms with van der Waals surface area (Å²) in [7, 11) is -3.24. The molecule has 0 amide bonds. The Hall–Kier alpha value is -1.61. The zero-order chi connectivity index (χ0) is 14.0. The lowest BCUT2D eigenvalue weighted by atomic mass is 10.1. The van der Waals surface area contributed by atoms with Gasteiger partial charge in [-0.3, -0.25) is 0 Å². The summed E-state index contributed by atoms with van der Waals surface area (Å²) in [5.74, 6) is -0.625. The molecule has 0 spiro atoms. The summed E-state index contributed by atoms with van der Waals surface area (Å²) in [5, 5.41) is 11.7. The lowest BCUT2D eigenvalue weighted by Gasteiger charge is -2.23. The normalized spacial score (nSPS) is 11.9. The van der Waals surface area contributed by atoms with Gasteiger partial charge in [-0.05, 0) is 26.0 Å². The number of nitrogens with zero attached hydrogens (tertiary/aromatic N) is 1. The van der Waals surface area contributed by atoms with Gasteiger partial charge in [0.1, 0.15) is 17.4 Å². The highest BCUT2D eigenvalue weighted by Gasteiger charge is 2.30. The van der Waals surface area contributed by atoms with E-state index in [-0.39, 0.29) is 12.1 Å². The zero-order valence-electron chi connectivity index (χ0n) is 10.5.